The minimum atomic E-state index is -0.0654. The smallest absolute Gasteiger partial charge is 0.234 e. The second-order valence-corrected chi connectivity index (χ2v) is 8.82. The van der Waals surface area contributed by atoms with Crippen molar-refractivity contribution >= 4 is 46.0 Å². The van der Waals surface area contributed by atoms with Crippen molar-refractivity contribution in [2.24, 2.45) is 0 Å². The van der Waals surface area contributed by atoms with Crippen LogP contribution in [-0.4, -0.2) is 21.6 Å². The molecule has 0 bridgehead atoms. The molecule has 156 valence electrons. The Morgan fingerprint density at radius 1 is 0.968 bits per heavy atom. The van der Waals surface area contributed by atoms with Crippen molar-refractivity contribution in [3.63, 3.8) is 0 Å². The highest BCUT2D eigenvalue weighted by atomic mass is 35.5. The molecular formula is C25H22ClN3OS. The number of anilines is 1. The van der Waals surface area contributed by atoms with Crippen LogP contribution in [0.5, 0.6) is 0 Å². The number of nitrogens with zero attached hydrogens (tertiary/aromatic N) is 2. The Hall–Kier alpha value is -2.89. The molecule has 31 heavy (non-hydrogen) atoms. The van der Waals surface area contributed by atoms with Gasteiger partial charge >= 0.3 is 0 Å². The van der Waals surface area contributed by atoms with E-state index in [-0.39, 0.29) is 11.7 Å². The molecule has 1 N–H and O–H groups in total. The number of carbonyl (C=O) groups excluding carboxylic acids is 1. The molecule has 4 nitrogen and oxygen atoms in total. The Morgan fingerprint density at radius 2 is 1.68 bits per heavy atom. The average molecular weight is 448 g/mol. The van der Waals surface area contributed by atoms with Gasteiger partial charge < -0.3 is 5.32 Å². The van der Waals surface area contributed by atoms with Gasteiger partial charge in [-0.25, -0.2) is 9.97 Å². The average Bonchev–Trinajstić information content (AvgIpc) is 2.76. The van der Waals surface area contributed by atoms with Gasteiger partial charge in [-0.2, -0.15) is 0 Å². The standard InChI is InChI=1S/C25H22ClN3OS/c1-16-7-12-20(17(2)13-16)28-24(30)15-31-25-23(14-18-8-10-19(26)11-9-18)27-21-5-3-4-6-22(21)29-25/h3-13H,14-15H2,1-2H3,(H,28,30). The fourth-order valence-corrected chi connectivity index (χ4v) is 4.23. The predicted molar refractivity (Wildman–Crippen MR) is 129 cm³/mol. The molecule has 3 aromatic carbocycles. The topological polar surface area (TPSA) is 54.9 Å². The normalized spacial score (nSPS) is 10.9. The SMILES string of the molecule is Cc1ccc(NC(=O)CSc2nc3ccccc3nc2Cc2ccc(Cl)cc2)c(C)c1. The third kappa shape index (κ3) is 5.43. The van der Waals surface area contributed by atoms with E-state index in [0.717, 1.165) is 38.6 Å². The lowest BCUT2D eigenvalue weighted by Crippen LogP contribution is -2.15. The summed E-state index contributed by atoms with van der Waals surface area (Å²) in [4.78, 5) is 22.2. The number of carbonyl (C=O) groups is 1. The van der Waals surface area contributed by atoms with Crippen LogP contribution in [0.15, 0.2) is 71.8 Å². The van der Waals surface area contributed by atoms with Crippen molar-refractivity contribution in [3.05, 3.63) is 94.1 Å². The van der Waals surface area contributed by atoms with Crippen molar-refractivity contribution in [2.75, 3.05) is 11.1 Å². The molecule has 0 saturated heterocycles. The fourth-order valence-electron chi connectivity index (χ4n) is 3.32. The van der Waals surface area contributed by atoms with Gasteiger partial charge in [0, 0.05) is 17.1 Å². The maximum Gasteiger partial charge on any atom is 0.234 e. The number of fused-ring (bicyclic) bond motifs is 1. The van der Waals surface area contributed by atoms with Gasteiger partial charge in [-0.15, -0.1) is 0 Å². The van der Waals surface area contributed by atoms with Crippen LogP contribution in [0, 0.1) is 13.8 Å². The number of aromatic nitrogens is 2. The molecule has 0 aliphatic heterocycles. The van der Waals surface area contributed by atoms with Crippen molar-refractivity contribution in [2.45, 2.75) is 25.3 Å². The number of aryl methyl sites for hydroxylation is 2. The molecule has 6 heteroatoms. The highest BCUT2D eigenvalue weighted by molar-refractivity contribution is 8.00. The zero-order valence-electron chi connectivity index (χ0n) is 17.4. The molecule has 0 aliphatic rings. The molecule has 1 amide bonds. The van der Waals surface area contributed by atoms with Crippen molar-refractivity contribution < 1.29 is 4.79 Å². The van der Waals surface area contributed by atoms with Crippen molar-refractivity contribution in [3.8, 4) is 0 Å². The third-order valence-electron chi connectivity index (χ3n) is 4.89. The molecule has 1 heterocycles. The van der Waals surface area contributed by atoms with Gasteiger partial charge in [-0.1, -0.05) is 65.3 Å². The minimum Gasteiger partial charge on any atom is -0.325 e. The van der Waals surface area contributed by atoms with Crippen LogP contribution in [-0.2, 0) is 11.2 Å². The molecule has 4 rings (SSSR count). The highest BCUT2D eigenvalue weighted by Gasteiger charge is 2.13. The molecule has 0 spiro atoms. The summed E-state index contributed by atoms with van der Waals surface area (Å²) in [6.07, 6.45) is 0.621. The van der Waals surface area contributed by atoms with Crippen LogP contribution in [0.1, 0.15) is 22.4 Å². The maximum atomic E-state index is 12.6. The Kier molecular flexibility index (Phi) is 6.54. The molecular weight excluding hydrogens is 426 g/mol. The quantitative estimate of drug-likeness (QED) is 0.356. The molecule has 0 radical (unpaired) electrons. The molecule has 0 fully saturated rings. The first-order valence-corrected chi connectivity index (χ1v) is 11.3. The van der Waals surface area contributed by atoms with Gasteiger partial charge in [0.2, 0.25) is 5.91 Å². The highest BCUT2D eigenvalue weighted by Crippen LogP contribution is 2.26. The number of rotatable bonds is 6. The number of thioether (sulfide) groups is 1. The van der Waals surface area contributed by atoms with E-state index < -0.39 is 0 Å². The summed E-state index contributed by atoms with van der Waals surface area (Å²) in [5.41, 5.74) is 6.66. The number of halogens is 1. The summed E-state index contributed by atoms with van der Waals surface area (Å²) in [6, 6.07) is 21.5. The lowest BCUT2D eigenvalue weighted by atomic mass is 10.1. The van der Waals surface area contributed by atoms with Crippen LogP contribution < -0.4 is 5.32 Å². The summed E-state index contributed by atoms with van der Waals surface area (Å²) >= 11 is 7.43. The molecule has 1 aromatic heterocycles. The van der Waals surface area contributed by atoms with E-state index in [9.17, 15) is 4.79 Å². The summed E-state index contributed by atoms with van der Waals surface area (Å²) < 4.78 is 0. The van der Waals surface area contributed by atoms with Gasteiger partial charge in [-0.3, -0.25) is 4.79 Å². The number of nitrogens with one attached hydrogen (secondary N) is 1. The second-order valence-electron chi connectivity index (χ2n) is 7.42. The number of para-hydroxylation sites is 2. The molecule has 4 aromatic rings. The largest absolute Gasteiger partial charge is 0.325 e. The summed E-state index contributed by atoms with van der Waals surface area (Å²) in [5, 5.41) is 4.47. The van der Waals surface area contributed by atoms with Gasteiger partial charge in [0.15, 0.2) is 0 Å². The third-order valence-corrected chi connectivity index (χ3v) is 6.15. The van der Waals surface area contributed by atoms with Gasteiger partial charge in [0.1, 0.15) is 5.03 Å². The first-order chi connectivity index (χ1) is 15.0. The second kappa shape index (κ2) is 9.50. The Morgan fingerprint density at radius 3 is 2.39 bits per heavy atom. The number of hydrogen-bond donors (Lipinski definition) is 1. The first kappa shape index (κ1) is 21.3. The van der Waals surface area contributed by atoms with Gasteiger partial charge in [0.25, 0.3) is 0 Å². The first-order valence-electron chi connectivity index (χ1n) is 9.98. The molecule has 0 saturated carbocycles. The fraction of sp³-hybridized carbons (Fsp3) is 0.160. The van der Waals surface area contributed by atoms with E-state index in [0.29, 0.717) is 11.4 Å². The van der Waals surface area contributed by atoms with Gasteiger partial charge in [-0.05, 0) is 55.3 Å². The zero-order chi connectivity index (χ0) is 21.8. The van der Waals surface area contributed by atoms with E-state index in [2.05, 4.69) is 11.4 Å². The Balaban J connectivity index is 1.55. The summed E-state index contributed by atoms with van der Waals surface area (Å²) in [5.74, 6) is 0.192. The Labute approximate surface area is 191 Å². The lowest BCUT2D eigenvalue weighted by Gasteiger charge is -2.11. The van der Waals surface area contributed by atoms with Crippen LogP contribution in [0.25, 0.3) is 11.0 Å². The number of amides is 1. The molecule has 0 atom stereocenters. The van der Waals surface area contributed by atoms with E-state index in [1.165, 1.54) is 17.3 Å². The van der Waals surface area contributed by atoms with Crippen LogP contribution in [0.3, 0.4) is 0 Å². The van der Waals surface area contributed by atoms with E-state index in [1.807, 2.05) is 74.5 Å². The lowest BCUT2D eigenvalue weighted by molar-refractivity contribution is -0.113. The van der Waals surface area contributed by atoms with Gasteiger partial charge in [0.05, 0.1) is 22.5 Å². The van der Waals surface area contributed by atoms with Crippen molar-refractivity contribution in [1.82, 2.24) is 9.97 Å². The monoisotopic (exact) mass is 447 g/mol. The zero-order valence-corrected chi connectivity index (χ0v) is 18.9. The van der Waals surface area contributed by atoms with E-state index in [1.54, 1.807) is 0 Å². The van der Waals surface area contributed by atoms with E-state index in [4.69, 9.17) is 21.6 Å². The maximum absolute atomic E-state index is 12.6. The minimum absolute atomic E-state index is 0.0654. The number of hydrogen-bond acceptors (Lipinski definition) is 4. The summed E-state index contributed by atoms with van der Waals surface area (Å²) in [7, 11) is 0. The molecule has 0 unspecified atom stereocenters. The van der Waals surface area contributed by atoms with E-state index >= 15 is 0 Å². The van der Waals surface area contributed by atoms with Crippen LogP contribution in [0.2, 0.25) is 5.02 Å². The number of benzene rings is 3. The Bertz CT molecular complexity index is 1240. The van der Waals surface area contributed by atoms with Crippen LogP contribution in [0.4, 0.5) is 5.69 Å². The predicted octanol–water partition coefficient (Wildman–Crippen LogP) is 6.22. The van der Waals surface area contributed by atoms with Crippen molar-refractivity contribution in [1.29, 1.82) is 0 Å². The summed E-state index contributed by atoms with van der Waals surface area (Å²) in [6.45, 7) is 4.03. The molecule has 0 aliphatic carbocycles. The van der Waals surface area contributed by atoms with Crippen LogP contribution >= 0.6 is 23.4 Å².